The van der Waals surface area contributed by atoms with Crippen molar-refractivity contribution >= 4 is 11.9 Å². The molecular formula is C14H24O6. The van der Waals surface area contributed by atoms with E-state index in [-0.39, 0.29) is 32.2 Å². The molecule has 0 aromatic carbocycles. The summed E-state index contributed by atoms with van der Waals surface area (Å²) in [5.41, 5.74) is -0.800. The molecule has 0 radical (unpaired) electrons. The number of ether oxygens (including phenoxy) is 4. The van der Waals surface area contributed by atoms with Gasteiger partial charge in [0, 0.05) is 20.6 Å². The third kappa shape index (κ3) is 6.16. The molecule has 0 atom stereocenters. The topological polar surface area (TPSA) is 71.1 Å². The molecule has 0 bridgehead atoms. The first kappa shape index (κ1) is 18.6. The van der Waals surface area contributed by atoms with Gasteiger partial charge in [0.05, 0.1) is 26.1 Å². The van der Waals surface area contributed by atoms with Crippen LogP contribution < -0.4 is 0 Å². The molecule has 0 N–H and O–H groups in total. The van der Waals surface area contributed by atoms with Crippen LogP contribution >= 0.6 is 0 Å². The van der Waals surface area contributed by atoms with E-state index in [4.69, 9.17) is 14.2 Å². The number of methoxy groups -OCH3 is 2. The Morgan fingerprint density at radius 1 is 1.20 bits per heavy atom. The lowest BCUT2D eigenvalue weighted by Gasteiger charge is -2.28. The van der Waals surface area contributed by atoms with Gasteiger partial charge in [-0.25, -0.2) is 0 Å². The minimum atomic E-state index is -0.800. The first-order valence-electron chi connectivity index (χ1n) is 6.51. The average Bonchev–Trinajstić information content (AvgIpc) is 2.43. The van der Waals surface area contributed by atoms with Gasteiger partial charge in [-0.1, -0.05) is 13.5 Å². The van der Waals surface area contributed by atoms with E-state index in [1.807, 2.05) is 6.92 Å². The Morgan fingerprint density at radius 3 is 2.25 bits per heavy atom. The molecule has 0 saturated carbocycles. The van der Waals surface area contributed by atoms with Gasteiger partial charge in [-0.2, -0.15) is 0 Å². The number of hydrogen-bond donors (Lipinski definition) is 0. The van der Waals surface area contributed by atoms with Crippen LogP contribution in [0.4, 0.5) is 0 Å². The fraction of sp³-hybridized carbons (Fsp3) is 0.714. The Morgan fingerprint density at radius 2 is 1.80 bits per heavy atom. The maximum Gasteiger partial charge on any atom is 0.316 e. The van der Waals surface area contributed by atoms with E-state index >= 15 is 0 Å². The minimum absolute atomic E-state index is 0.153. The summed E-state index contributed by atoms with van der Waals surface area (Å²) in [7, 11) is 3.05. The largest absolute Gasteiger partial charge is 0.465 e. The van der Waals surface area contributed by atoms with E-state index in [0.717, 1.165) is 6.26 Å². The predicted octanol–water partition coefficient (Wildman–Crippen LogP) is 1.69. The number of esters is 2. The molecule has 0 rings (SSSR count). The highest BCUT2D eigenvalue weighted by Gasteiger charge is 2.38. The third-order valence-corrected chi connectivity index (χ3v) is 2.92. The summed E-state index contributed by atoms with van der Waals surface area (Å²) in [6.45, 7) is 5.78. The van der Waals surface area contributed by atoms with Crippen molar-refractivity contribution < 1.29 is 28.5 Å². The molecule has 0 unspecified atom stereocenters. The summed E-state index contributed by atoms with van der Waals surface area (Å²) in [6.07, 6.45) is 2.20. The molecule has 0 saturated heterocycles. The number of carbonyl (C=O) groups is 2. The predicted molar refractivity (Wildman–Crippen MR) is 73.0 cm³/mol. The van der Waals surface area contributed by atoms with Gasteiger partial charge >= 0.3 is 11.9 Å². The molecule has 0 aliphatic carbocycles. The van der Waals surface area contributed by atoms with Crippen molar-refractivity contribution in [3.63, 3.8) is 0 Å². The van der Waals surface area contributed by atoms with E-state index in [1.54, 1.807) is 0 Å². The van der Waals surface area contributed by atoms with Gasteiger partial charge in [0.15, 0.2) is 0 Å². The van der Waals surface area contributed by atoms with E-state index in [9.17, 15) is 9.59 Å². The molecule has 116 valence electrons. The van der Waals surface area contributed by atoms with Crippen LogP contribution in [0.3, 0.4) is 0 Å². The Balaban J connectivity index is 4.26. The summed E-state index contributed by atoms with van der Waals surface area (Å²) in [4.78, 5) is 23.2. The minimum Gasteiger partial charge on any atom is -0.465 e. The zero-order valence-corrected chi connectivity index (χ0v) is 12.5. The van der Waals surface area contributed by atoms with Crippen LogP contribution in [0.15, 0.2) is 12.8 Å². The van der Waals surface area contributed by atoms with Gasteiger partial charge in [-0.15, -0.1) is 0 Å². The normalized spacial score (nSPS) is 10.9. The second kappa shape index (κ2) is 10.4. The van der Waals surface area contributed by atoms with Crippen LogP contribution in [-0.4, -0.2) is 46.0 Å². The van der Waals surface area contributed by atoms with Gasteiger partial charge in [-0.3, -0.25) is 9.59 Å². The van der Waals surface area contributed by atoms with Gasteiger partial charge in [-0.05, 0) is 12.8 Å². The Hall–Kier alpha value is -1.40. The van der Waals surface area contributed by atoms with Gasteiger partial charge in [0.2, 0.25) is 0 Å². The highest BCUT2D eigenvalue weighted by molar-refractivity contribution is 5.77. The van der Waals surface area contributed by atoms with Crippen LogP contribution in [0.5, 0.6) is 0 Å². The molecule has 6 nitrogen and oxygen atoms in total. The van der Waals surface area contributed by atoms with Crippen LogP contribution in [-0.2, 0) is 28.5 Å². The smallest absolute Gasteiger partial charge is 0.316 e. The number of carbonyl (C=O) groups excluding carboxylic acids is 2. The SMILES string of the molecule is C=COC(=O)CCCOC(=O)C(CC)(COC)COC. The van der Waals surface area contributed by atoms with Gasteiger partial charge in [0.1, 0.15) is 5.41 Å². The van der Waals surface area contributed by atoms with E-state index in [0.29, 0.717) is 12.8 Å². The van der Waals surface area contributed by atoms with Crippen LogP contribution in [0.2, 0.25) is 0 Å². The summed E-state index contributed by atoms with van der Waals surface area (Å²) in [6, 6.07) is 0. The maximum absolute atomic E-state index is 12.1. The van der Waals surface area contributed by atoms with Gasteiger partial charge < -0.3 is 18.9 Å². The molecule has 0 aromatic heterocycles. The molecule has 0 heterocycles. The summed E-state index contributed by atoms with van der Waals surface area (Å²) in [5.74, 6) is -0.771. The monoisotopic (exact) mass is 288 g/mol. The van der Waals surface area contributed by atoms with Crippen molar-refractivity contribution in [3.8, 4) is 0 Å². The van der Waals surface area contributed by atoms with Crippen LogP contribution in [0.1, 0.15) is 26.2 Å². The second-order valence-corrected chi connectivity index (χ2v) is 4.40. The van der Waals surface area contributed by atoms with Crippen molar-refractivity contribution in [2.45, 2.75) is 26.2 Å². The van der Waals surface area contributed by atoms with Crippen LogP contribution in [0, 0.1) is 5.41 Å². The lowest BCUT2D eigenvalue weighted by atomic mass is 9.87. The first-order valence-corrected chi connectivity index (χ1v) is 6.51. The molecule has 0 amide bonds. The van der Waals surface area contributed by atoms with E-state index in [1.165, 1.54) is 14.2 Å². The highest BCUT2D eigenvalue weighted by atomic mass is 16.5. The van der Waals surface area contributed by atoms with Crippen LogP contribution in [0.25, 0.3) is 0 Å². The molecule has 20 heavy (non-hydrogen) atoms. The quantitative estimate of drug-likeness (QED) is 0.327. The lowest BCUT2D eigenvalue weighted by Crippen LogP contribution is -2.41. The fourth-order valence-corrected chi connectivity index (χ4v) is 1.75. The first-order chi connectivity index (χ1) is 9.56. The molecule has 0 spiro atoms. The summed E-state index contributed by atoms with van der Waals surface area (Å²) < 4.78 is 19.9. The lowest BCUT2D eigenvalue weighted by molar-refractivity contribution is -0.164. The Labute approximate surface area is 120 Å². The molecule has 0 aliphatic rings. The van der Waals surface area contributed by atoms with Crippen molar-refractivity contribution in [1.82, 2.24) is 0 Å². The van der Waals surface area contributed by atoms with Crippen molar-refractivity contribution in [3.05, 3.63) is 12.8 Å². The maximum atomic E-state index is 12.1. The zero-order valence-electron chi connectivity index (χ0n) is 12.5. The third-order valence-electron chi connectivity index (χ3n) is 2.92. The van der Waals surface area contributed by atoms with E-state index in [2.05, 4.69) is 11.3 Å². The van der Waals surface area contributed by atoms with Gasteiger partial charge in [0.25, 0.3) is 0 Å². The fourth-order valence-electron chi connectivity index (χ4n) is 1.75. The number of rotatable bonds is 11. The second-order valence-electron chi connectivity index (χ2n) is 4.40. The van der Waals surface area contributed by atoms with Crippen molar-refractivity contribution in [2.75, 3.05) is 34.0 Å². The Kier molecular flexibility index (Phi) is 9.67. The molecule has 0 aliphatic heterocycles. The Bertz CT molecular complexity index is 307. The highest BCUT2D eigenvalue weighted by Crippen LogP contribution is 2.25. The standard InChI is InChI=1S/C14H24O6/c1-5-14(10-17-3,11-18-4)13(16)20-9-7-8-12(15)19-6-2/h6H,2,5,7-11H2,1,3-4H3. The molecule has 0 fully saturated rings. The zero-order chi connectivity index (χ0) is 15.4. The van der Waals surface area contributed by atoms with Crippen molar-refractivity contribution in [2.24, 2.45) is 5.41 Å². The van der Waals surface area contributed by atoms with Crippen molar-refractivity contribution in [1.29, 1.82) is 0 Å². The molecule has 0 aromatic rings. The summed E-state index contributed by atoms with van der Waals surface area (Å²) in [5, 5.41) is 0. The molecular weight excluding hydrogens is 264 g/mol. The number of hydrogen-bond acceptors (Lipinski definition) is 6. The van der Waals surface area contributed by atoms with E-state index < -0.39 is 11.4 Å². The average molecular weight is 288 g/mol. The molecule has 6 heteroatoms. The summed E-state index contributed by atoms with van der Waals surface area (Å²) >= 11 is 0.